The zero-order chi connectivity index (χ0) is 13.1. The van der Waals surface area contributed by atoms with E-state index in [-0.39, 0.29) is 17.6 Å². The van der Waals surface area contributed by atoms with E-state index in [0.29, 0.717) is 0 Å². The molecule has 0 unspecified atom stereocenters. The largest absolute Gasteiger partial charge is 0.478 e. The summed E-state index contributed by atoms with van der Waals surface area (Å²) in [6.07, 6.45) is -3.25. The Bertz CT molecular complexity index is 447. The van der Waals surface area contributed by atoms with Crippen LogP contribution in [-0.2, 0) is 11.0 Å². The number of halogens is 3. The van der Waals surface area contributed by atoms with E-state index in [9.17, 15) is 18.0 Å². The van der Waals surface area contributed by atoms with Gasteiger partial charge in [-0.05, 0) is 24.1 Å². The zero-order valence-corrected chi connectivity index (χ0v) is 9.08. The molecule has 0 saturated carbocycles. The average Bonchev–Trinajstić information content (AvgIpc) is 2.24. The number of alkyl halides is 3. The molecule has 0 aromatic heterocycles. The van der Waals surface area contributed by atoms with Crippen LogP contribution in [0.3, 0.4) is 0 Å². The molecule has 1 aromatic carbocycles. The molecule has 0 bridgehead atoms. The summed E-state index contributed by atoms with van der Waals surface area (Å²) in [4.78, 5) is 10.7. The molecule has 17 heavy (non-hydrogen) atoms. The van der Waals surface area contributed by atoms with Gasteiger partial charge >= 0.3 is 12.1 Å². The fourth-order valence-corrected chi connectivity index (χ4v) is 1.38. The topological polar surface area (TPSA) is 37.3 Å². The van der Waals surface area contributed by atoms with Crippen LogP contribution in [0.25, 0.3) is 6.08 Å². The molecule has 0 atom stereocenters. The molecule has 0 radical (unpaired) electrons. The van der Waals surface area contributed by atoms with Gasteiger partial charge in [0.15, 0.2) is 0 Å². The van der Waals surface area contributed by atoms with E-state index in [2.05, 4.69) is 0 Å². The van der Waals surface area contributed by atoms with E-state index in [4.69, 9.17) is 5.11 Å². The van der Waals surface area contributed by atoms with Gasteiger partial charge in [-0.3, -0.25) is 0 Å². The molecule has 0 aliphatic heterocycles. The number of carboxylic acids is 1. The lowest BCUT2D eigenvalue weighted by Crippen LogP contribution is -2.08. The van der Waals surface area contributed by atoms with Crippen LogP contribution in [0, 0.1) is 0 Å². The van der Waals surface area contributed by atoms with E-state index >= 15 is 0 Å². The first-order valence-corrected chi connectivity index (χ1v) is 4.96. The maximum absolute atomic E-state index is 12.6. The third kappa shape index (κ3) is 3.34. The smallest absolute Gasteiger partial charge is 0.416 e. The highest BCUT2D eigenvalue weighted by atomic mass is 19.4. The average molecular weight is 244 g/mol. The summed E-state index contributed by atoms with van der Waals surface area (Å²) in [6.45, 7) is 1.58. The van der Waals surface area contributed by atoms with Crippen molar-refractivity contribution >= 4 is 12.0 Å². The van der Waals surface area contributed by atoms with Crippen LogP contribution < -0.4 is 0 Å². The van der Waals surface area contributed by atoms with Gasteiger partial charge in [0.1, 0.15) is 0 Å². The molecular formula is C12H11F3O2. The number of aliphatic carboxylic acids is 1. The maximum atomic E-state index is 12.6. The summed E-state index contributed by atoms with van der Waals surface area (Å²) >= 11 is 0. The van der Waals surface area contributed by atoms with Gasteiger partial charge in [-0.25, -0.2) is 4.79 Å². The summed E-state index contributed by atoms with van der Waals surface area (Å²) in [5, 5.41) is 8.78. The lowest BCUT2D eigenvalue weighted by atomic mass is 10.0. The fourth-order valence-electron chi connectivity index (χ4n) is 1.38. The first kappa shape index (κ1) is 13.3. The summed E-state index contributed by atoms with van der Waals surface area (Å²) in [7, 11) is 0. The zero-order valence-electron chi connectivity index (χ0n) is 9.08. The predicted octanol–water partition coefficient (Wildman–Crippen LogP) is 3.58. The van der Waals surface area contributed by atoms with Gasteiger partial charge in [-0.1, -0.05) is 25.1 Å². The second kappa shape index (κ2) is 5.03. The number of rotatable bonds is 3. The van der Waals surface area contributed by atoms with E-state index < -0.39 is 17.7 Å². The van der Waals surface area contributed by atoms with Crippen molar-refractivity contribution in [2.75, 3.05) is 0 Å². The summed E-state index contributed by atoms with van der Waals surface area (Å²) in [5.41, 5.74) is -1.01. The molecule has 0 amide bonds. The van der Waals surface area contributed by atoms with Crippen molar-refractivity contribution in [3.8, 4) is 0 Å². The minimum absolute atomic E-state index is 0.0540. The molecule has 0 aliphatic rings. The third-order valence-corrected chi connectivity index (χ3v) is 2.25. The number of carboxylic acid groups (broad SMARTS) is 1. The normalized spacial score (nSPS) is 12.6. The molecule has 0 spiro atoms. The quantitative estimate of drug-likeness (QED) is 0.825. The summed E-state index contributed by atoms with van der Waals surface area (Å²) < 4.78 is 37.9. The standard InChI is InChI=1S/C12H11F3O2/c1-2-8(11(16)17)7-9-5-3-4-6-10(9)12(13,14)15/h3-7H,2H2,1H3,(H,16,17)/b8-7-. The Morgan fingerprint density at radius 3 is 2.41 bits per heavy atom. The van der Waals surface area contributed by atoms with Crippen LogP contribution in [0.5, 0.6) is 0 Å². The minimum atomic E-state index is -4.48. The monoisotopic (exact) mass is 244 g/mol. The lowest BCUT2D eigenvalue weighted by molar-refractivity contribution is -0.138. The van der Waals surface area contributed by atoms with Crippen LogP contribution in [0.4, 0.5) is 13.2 Å². The van der Waals surface area contributed by atoms with Crippen LogP contribution in [0.1, 0.15) is 24.5 Å². The second-order valence-corrected chi connectivity index (χ2v) is 3.41. The Balaban J connectivity index is 3.28. The lowest BCUT2D eigenvalue weighted by Gasteiger charge is -2.10. The predicted molar refractivity (Wildman–Crippen MR) is 57.3 cm³/mol. The van der Waals surface area contributed by atoms with Gasteiger partial charge in [0.25, 0.3) is 0 Å². The van der Waals surface area contributed by atoms with Gasteiger partial charge in [-0.15, -0.1) is 0 Å². The van der Waals surface area contributed by atoms with E-state index in [0.717, 1.165) is 12.1 Å². The molecule has 0 fully saturated rings. The van der Waals surface area contributed by atoms with E-state index in [1.807, 2.05) is 0 Å². The minimum Gasteiger partial charge on any atom is -0.478 e. The third-order valence-electron chi connectivity index (χ3n) is 2.25. The van der Waals surface area contributed by atoms with Crippen molar-refractivity contribution < 1.29 is 23.1 Å². The van der Waals surface area contributed by atoms with Crippen molar-refractivity contribution in [3.63, 3.8) is 0 Å². The molecular weight excluding hydrogens is 233 g/mol. The Hall–Kier alpha value is -1.78. The molecule has 0 heterocycles. The van der Waals surface area contributed by atoms with Crippen LogP contribution in [0.15, 0.2) is 29.8 Å². The molecule has 92 valence electrons. The Kier molecular flexibility index (Phi) is 3.93. The van der Waals surface area contributed by atoms with Crippen molar-refractivity contribution in [2.45, 2.75) is 19.5 Å². The van der Waals surface area contributed by atoms with Crippen LogP contribution >= 0.6 is 0 Å². The van der Waals surface area contributed by atoms with Gasteiger partial charge < -0.3 is 5.11 Å². The van der Waals surface area contributed by atoms with E-state index in [1.54, 1.807) is 6.92 Å². The molecule has 1 rings (SSSR count). The maximum Gasteiger partial charge on any atom is 0.416 e. The molecule has 1 N–H and O–H groups in total. The van der Waals surface area contributed by atoms with Crippen molar-refractivity contribution in [1.29, 1.82) is 0 Å². The van der Waals surface area contributed by atoms with Gasteiger partial charge in [0.2, 0.25) is 0 Å². The Labute approximate surface area is 96.4 Å². The molecule has 0 saturated heterocycles. The number of hydrogen-bond acceptors (Lipinski definition) is 1. The van der Waals surface area contributed by atoms with Crippen molar-refractivity contribution in [2.24, 2.45) is 0 Å². The molecule has 0 aliphatic carbocycles. The SMILES string of the molecule is CC/C(=C/c1ccccc1C(F)(F)F)C(=O)O. The number of hydrogen-bond donors (Lipinski definition) is 1. The number of carbonyl (C=O) groups is 1. The van der Waals surface area contributed by atoms with Crippen molar-refractivity contribution in [1.82, 2.24) is 0 Å². The first-order chi connectivity index (χ1) is 7.86. The van der Waals surface area contributed by atoms with E-state index in [1.165, 1.54) is 18.2 Å². The first-order valence-electron chi connectivity index (χ1n) is 4.96. The fraction of sp³-hybridized carbons (Fsp3) is 0.250. The highest BCUT2D eigenvalue weighted by molar-refractivity contribution is 5.92. The number of benzene rings is 1. The Morgan fingerprint density at radius 2 is 1.94 bits per heavy atom. The molecule has 1 aromatic rings. The van der Waals surface area contributed by atoms with Crippen molar-refractivity contribution in [3.05, 3.63) is 41.0 Å². The Morgan fingerprint density at radius 1 is 1.35 bits per heavy atom. The van der Waals surface area contributed by atoms with Crippen LogP contribution in [-0.4, -0.2) is 11.1 Å². The van der Waals surface area contributed by atoms with Crippen LogP contribution in [0.2, 0.25) is 0 Å². The van der Waals surface area contributed by atoms with Gasteiger partial charge in [0, 0.05) is 5.57 Å². The molecule has 2 nitrogen and oxygen atoms in total. The van der Waals surface area contributed by atoms with Gasteiger partial charge in [-0.2, -0.15) is 13.2 Å². The summed E-state index contributed by atoms with van der Waals surface area (Å²) in [5.74, 6) is -1.20. The molecule has 5 heteroatoms. The highest BCUT2D eigenvalue weighted by Crippen LogP contribution is 2.32. The second-order valence-electron chi connectivity index (χ2n) is 3.41. The summed E-state index contributed by atoms with van der Waals surface area (Å²) in [6, 6.07) is 4.89. The highest BCUT2D eigenvalue weighted by Gasteiger charge is 2.32. The van der Waals surface area contributed by atoms with Gasteiger partial charge in [0.05, 0.1) is 5.56 Å².